The van der Waals surface area contributed by atoms with Gasteiger partial charge in [-0.3, -0.25) is 0 Å². The van der Waals surface area contributed by atoms with E-state index in [2.05, 4.69) is 4.74 Å². The molecular weight excluding hydrogens is 232 g/mol. The van der Waals surface area contributed by atoms with Gasteiger partial charge >= 0.3 is 5.97 Å². The second kappa shape index (κ2) is 5.87. The molecule has 4 heteroatoms. The number of esters is 1. The summed E-state index contributed by atoms with van der Waals surface area (Å²) >= 11 is 0. The number of hydrogen-bond donors (Lipinski definition) is 1. The average Bonchev–Trinajstić information content (AvgIpc) is 2.41. The summed E-state index contributed by atoms with van der Waals surface area (Å²) in [5.41, 5.74) is 0.494. The summed E-state index contributed by atoms with van der Waals surface area (Å²) in [4.78, 5) is 11.3. The third kappa shape index (κ3) is 3.01. The first-order valence-electron chi connectivity index (χ1n) is 6.24. The fourth-order valence-electron chi connectivity index (χ4n) is 2.18. The van der Waals surface area contributed by atoms with E-state index in [0.717, 1.165) is 25.7 Å². The van der Waals surface area contributed by atoms with Gasteiger partial charge in [-0.05, 0) is 43.5 Å². The van der Waals surface area contributed by atoms with Crippen LogP contribution in [0.4, 0.5) is 0 Å². The molecule has 0 unspecified atom stereocenters. The van der Waals surface area contributed by atoms with E-state index in [1.54, 1.807) is 24.3 Å². The Balaban J connectivity index is 1.99. The smallest absolute Gasteiger partial charge is 0.337 e. The lowest BCUT2D eigenvalue weighted by Gasteiger charge is -2.28. The molecule has 0 amide bonds. The Morgan fingerprint density at radius 1 is 1.22 bits per heavy atom. The van der Waals surface area contributed by atoms with Crippen molar-refractivity contribution < 1.29 is 19.4 Å². The lowest BCUT2D eigenvalue weighted by atomic mass is 9.95. The van der Waals surface area contributed by atoms with E-state index < -0.39 is 0 Å². The summed E-state index contributed by atoms with van der Waals surface area (Å²) < 4.78 is 10.4. The zero-order chi connectivity index (χ0) is 13.0. The van der Waals surface area contributed by atoms with E-state index in [4.69, 9.17) is 4.74 Å². The molecule has 1 aliphatic carbocycles. The number of aliphatic hydroxyl groups excluding tert-OH is 1. The highest BCUT2D eigenvalue weighted by atomic mass is 16.5. The van der Waals surface area contributed by atoms with Gasteiger partial charge in [-0.2, -0.15) is 0 Å². The molecule has 98 valence electrons. The SMILES string of the molecule is COC(=O)c1ccc(O[C@@H]2CCCC[C@@H]2O)cc1. The molecule has 0 aromatic heterocycles. The lowest BCUT2D eigenvalue weighted by Crippen LogP contribution is -2.34. The quantitative estimate of drug-likeness (QED) is 0.835. The van der Waals surface area contributed by atoms with Crippen LogP contribution in [0.25, 0.3) is 0 Å². The summed E-state index contributed by atoms with van der Waals surface area (Å²) in [5, 5.41) is 9.81. The summed E-state index contributed by atoms with van der Waals surface area (Å²) in [5.74, 6) is 0.313. The van der Waals surface area contributed by atoms with Gasteiger partial charge < -0.3 is 14.6 Å². The van der Waals surface area contributed by atoms with Crippen molar-refractivity contribution in [3.8, 4) is 5.75 Å². The number of benzene rings is 1. The lowest BCUT2D eigenvalue weighted by molar-refractivity contribution is 0.00685. The molecule has 1 saturated carbocycles. The molecule has 0 heterocycles. The molecule has 0 bridgehead atoms. The number of methoxy groups -OCH3 is 1. The molecule has 0 spiro atoms. The highest BCUT2D eigenvalue weighted by Crippen LogP contribution is 2.24. The third-order valence-electron chi connectivity index (χ3n) is 3.23. The Labute approximate surface area is 107 Å². The van der Waals surface area contributed by atoms with Gasteiger partial charge in [-0.1, -0.05) is 6.42 Å². The molecule has 1 aromatic carbocycles. The number of hydrogen-bond acceptors (Lipinski definition) is 4. The standard InChI is InChI=1S/C14H18O4/c1-17-14(16)10-6-8-11(9-7-10)18-13-5-3-2-4-12(13)15/h6-9,12-13,15H,2-5H2,1H3/t12-,13+/m0/s1. The molecule has 4 nitrogen and oxygen atoms in total. The first-order valence-corrected chi connectivity index (χ1v) is 6.24. The molecule has 18 heavy (non-hydrogen) atoms. The average molecular weight is 250 g/mol. The Morgan fingerprint density at radius 2 is 1.89 bits per heavy atom. The van der Waals surface area contributed by atoms with Crippen molar-refractivity contribution in [2.75, 3.05) is 7.11 Å². The van der Waals surface area contributed by atoms with Crippen molar-refractivity contribution in [2.24, 2.45) is 0 Å². The summed E-state index contributed by atoms with van der Waals surface area (Å²) in [6, 6.07) is 6.79. The van der Waals surface area contributed by atoms with Gasteiger partial charge in [0.1, 0.15) is 11.9 Å². The Bertz CT molecular complexity index is 399. The van der Waals surface area contributed by atoms with Crippen molar-refractivity contribution in [3.63, 3.8) is 0 Å². The van der Waals surface area contributed by atoms with Crippen LogP contribution in [0.15, 0.2) is 24.3 Å². The number of carbonyl (C=O) groups excluding carboxylic acids is 1. The molecule has 1 N–H and O–H groups in total. The monoisotopic (exact) mass is 250 g/mol. The summed E-state index contributed by atoms with van der Waals surface area (Å²) in [7, 11) is 1.35. The van der Waals surface area contributed by atoms with Gasteiger partial charge in [0, 0.05) is 0 Å². The molecule has 0 saturated heterocycles. The topological polar surface area (TPSA) is 55.8 Å². The predicted molar refractivity (Wildman–Crippen MR) is 66.7 cm³/mol. The second-order valence-corrected chi connectivity index (χ2v) is 4.52. The van der Waals surface area contributed by atoms with Crippen LogP contribution in [-0.2, 0) is 4.74 Å². The van der Waals surface area contributed by atoms with Crippen LogP contribution in [0.1, 0.15) is 36.0 Å². The van der Waals surface area contributed by atoms with Crippen molar-refractivity contribution in [2.45, 2.75) is 37.9 Å². The van der Waals surface area contributed by atoms with Gasteiger partial charge in [0.2, 0.25) is 0 Å². The highest BCUT2D eigenvalue weighted by Gasteiger charge is 2.24. The maximum atomic E-state index is 11.3. The summed E-state index contributed by atoms with van der Waals surface area (Å²) in [6.07, 6.45) is 3.29. The van der Waals surface area contributed by atoms with E-state index in [1.807, 2.05) is 0 Å². The summed E-state index contributed by atoms with van der Waals surface area (Å²) in [6.45, 7) is 0. The van der Waals surface area contributed by atoms with E-state index in [9.17, 15) is 9.90 Å². The van der Waals surface area contributed by atoms with Gasteiger partial charge in [-0.15, -0.1) is 0 Å². The third-order valence-corrected chi connectivity index (χ3v) is 3.23. The molecule has 1 aromatic rings. The van der Waals surface area contributed by atoms with E-state index in [0.29, 0.717) is 11.3 Å². The Kier molecular flexibility index (Phi) is 4.20. The van der Waals surface area contributed by atoms with Crippen molar-refractivity contribution in [1.82, 2.24) is 0 Å². The van der Waals surface area contributed by atoms with Crippen LogP contribution in [-0.4, -0.2) is 30.4 Å². The highest BCUT2D eigenvalue weighted by molar-refractivity contribution is 5.89. The van der Waals surface area contributed by atoms with Gasteiger partial charge in [0.15, 0.2) is 0 Å². The molecule has 2 rings (SSSR count). The van der Waals surface area contributed by atoms with Crippen LogP contribution >= 0.6 is 0 Å². The molecule has 1 aliphatic rings. The second-order valence-electron chi connectivity index (χ2n) is 4.52. The molecule has 2 atom stereocenters. The minimum atomic E-state index is -0.390. The largest absolute Gasteiger partial charge is 0.488 e. The fourth-order valence-corrected chi connectivity index (χ4v) is 2.18. The Morgan fingerprint density at radius 3 is 2.50 bits per heavy atom. The van der Waals surface area contributed by atoms with E-state index in [1.165, 1.54) is 7.11 Å². The minimum absolute atomic E-state index is 0.136. The molecule has 0 aliphatic heterocycles. The van der Waals surface area contributed by atoms with Gasteiger partial charge in [0.25, 0.3) is 0 Å². The molecular formula is C14H18O4. The number of ether oxygens (including phenoxy) is 2. The van der Waals surface area contributed by atoms with Crippen LogP contribution in [0.5, 0.6) is 5.75 Å². The van der Waals surface area contributed by atoms with Gasteiger partial charge in [-0.25, -0.2) is 4.79 Å². The maximum Gasteiger partial charge on any atom is 0.337 e. The van der Waals surface area contributed by atoms with Crippen LogP contribution in [0.3, 0.4) is 0 Å². The predicted octanol–water partition coefficient (Wildman–Crippen LogP) is 2.16. The van der Waals surface area contributed by atoms with Crippen LogP contribution < -0.4 is 4.74 Å². The van der Waals surface area contributed by atoms with Crippen molar-refractivity contribution >= 4 is 5.97 Å². The number of rotatable bonds is 3. The Hall–Kier alpha value is -1.55. The van der Waals surface area contributed by atoms with Crippen LogP contribution in [0.2, 0.25) is 0 Å². The van der Waals surface area contributed by atoms with E-state index >= 15 is 0 Å². The number of aliphatic hydroxyl groups is 1. The zero-order valence-electron chi connectivity index (χ0n) is 10.5. The first-order chi connectivity index (χ1) is 8.70. The number of carbonyl (C=O) groups is 1. The van der Waals surface area contributed by atoms with Gasteiger partial charge in [0.05, 0.1) is 18.8 Å². The van der Waals surface area contributed by atoms with E-state index in [-0.39, 0.29) is 18.2 Å². The normalized spacial score (nSPS) is 23.4. The fraction of sp³-hybridized carbons (Fsp3) is 0.500. The maximum absolute atomic E-state index is 11.3. The first kappa shape index (κ1) is 12.9. The minimum Gasteiger partial charge on any atom is -0.488 e. The zero-order valence-corrected chi connectivity index (χ0v) is 10.5. The van der Waals surface area contributed by atoms with Crippen molar-refractivity contribution in [3.05, 3.63) is 29.8 Å². The molecule has 1 fully saturated rings. The van der Waals surface area contributed by atoms with Crippen LogP contribution in [0, 0.1) is 0 Å². The van der Waals surface area contributed by atoms with Crippen molar-refractivity contribution in [1.29, 1.82) is 0 Å². The molecule has 0 radical (unpaired) electrons.